The van der Waals surface area contributed by atoms with Crippen molar-refractivity contribution >= 4 is 10.9 Å². The minimum Gasteiger partial charge on any atom is -0.497 e. The minimum atomic E-state index is -0.162. The number of hydrogen-bond donors (Lipinski definition) is 2. The molecule has 1 aromatic heterocycles. The van der Waals surface area contributed by atoms with Crippen molar-refractivity contribution in [3.05, 3.63) is 58.1 Å². The van der Waals surface area contributed by atoms with Crippen LogP contribution in [0.25, 0.3) is 10.9 Å². The molecule has 0 radical (unpaired) electrons. The average molecular weight is 396 g/mol. The van der Waals surface area contributed by atoms with Crippen LogP contribution in [-0.2, 0) is 13.1 Å². The SMILES string of the molecule is COc1ccc(C[NH+](Cc2nc3cc(OC)c(OC)cc3c(=O)[nH]2)C2CC2)cc1. The number of hydrogen-bond acceptors (Lipinski definition) is 5. The van der Waals surface area contributed by atoms with Gasteiger partial charge in [0.2, 0.25) is 0 Å². The van der Waals surface area contributed by atoms with Gasteiger partial charge in [0.05, 0.1) is 38.3 Å². The van der Waals surface area contributed by atoms with E-state index in [0.717, 1.165) is 12.3 Å². The van der Waals surface area contributed by atoms with Crippen LogP contribution in [0.2, 0.25) is 0 Å². The molecule has 7 heteroatoms. The Kier molecular flexibility index (Phi) is 5.40. The summed E-state index contributed by atoms with van der Waals surface area (Å²) in [6.07, 6.45) is 2.41. The highest BCUT2D eigenvalue weighted by Crippen LogP contribution is 2.29. The third kappa shape index (κ3) is 4.19. The van der Waals surface area contributed by atoms with Gasteiger partial charge in [-0.3, -0.25) is 4.79 Å². The van der Waals surface area contributed by atoms with Crippen LogP contribution in [0.3, 0.4) is 0 Å². The number of aromatic amines is 1. The van der Waals surface area contributed by atoms with Crippen LogP contribution in [-0.4, -0.2) is 37.3 Å². The van der Waals surface area contributed by atoms with E-state index in [1.165, 1.54) is 23.3 Å². The number of nitrogens with one attached hydrogen (secondary N) is 2. The maximum Gasteiger partial charge on any atom is 0.259 e. The summed E-state index contributed by atoms with van der Waals surface area (Å²) in [6.45, 7) is 1.54. The number of fused-ring (bicyclic) bond motifs is 1. The zero-order valence-corrected chi connectivity index (χ0v) is 17.0. The molecule has 0 spiro atoms. The first kappa shape index (κ1) is 19.3. The summed E-state index contributed by atoms with van der Waals surface area (Å²) in [5.41, 5.74) is 1.69. The van der Waals surface area contributed by atoms with Crippen LogP contribution in [0.1, 0.15) is 24.2 Å². The average Bonchev–Trinajstić information content (AvgIpc) is 3.58. The molecule has 1 saturated carbocycles. The molecule has 4 rings (SSSR count). The second-order valence-corrected chi connectivity index (χ2v) is 7.37. The maximum atomic E-state index is 12.6. The van der Waals surface area contributed by atoms with Crippen LogP contribution < -0.4 is 24.7 Å². The van der Waals surface area contributed by atoms with Crippen molar-refractivity contribution in [3.8, 4) is 17.2 Å². The highest BCUT2D eigenvalue weighted by molar-refractivity contribution is 5.81. The van der Waals surface area contributed by atoms with Crippen molar-refractivity contribution in [1.82, 2.24) is 9.97 Å². The van der Waals surface area contributed by atoms with Crippen LogP contribution in [0.4, 0.5) is 0 Å². The van der Waals surface area contributed by atoms with Gasteiger partial charge in [-0.05, 0) is 30.3 Å². The molecule has 1 fully saturated rings. The van der Waals surface area contributed by atoms with Crippen LogP contribution in [0.5, 0.6) is 17.2 Å². The van der Waals surface area contributed by atoms with E-state index in [1.54, 1.807) is 33.5 Å². The lowest BCUT2D eigenvalue weighted by molar-refractivity contribution is -0.939. The molecule has 0 saturated heterocycles. The van der Waals surface area contributed by atoms with Gasteiger partial charge in [-0.15, -0.1) is 0 Å². The predicted octanol–water partition coefficient (Wildman–Crippen LogP) is 1.70. The fourth-order valence-electron chi connectivity index (χ4n) is 3.66. The fraction of sp³-hybridized carbons (Fsp3) is 0.364. The summed E-state index contributed by atoms with van der Waals surface area (Å²) in [5.74, 6) is 2.62. The summed E-state index contributed by atoms with van der Waals surface area (Å²) in [5, 5.41) is 0.495. The number of nitrogens with zero attached hydrogens (tertiary/aromatic N) is 1. The first-order valence-electron chi connectivity index (χ1n) is 9.73. The molecule has 2 N–H and O–H groups in total. The van der Waals surface area contributed by atoms with Crippen molar-refractivity contribution in [2.75, 3.05) is 21.3 Å². The predicted molar refractivity (Wildman–Crippen MR) is 110 cm³/mol. The van der Waals surface area contributed by atoms with E-state index >= 15 is 0 Å². The third-order valence-electron chi connectivity index (χ3n) is 5.40. The van der Waals surface area contributed by atoms with Crippen molar-refractivity contribution in [2.24, 2.45) is 0 Å². The number of rotatable bonds is 8. The Morgan fingerprint density at radius 2 is 1.69 bits per heavy atom. The molecule has 0 aliphatic heterocycles. The number of benzene rings is 2. The number of methoxy groups -OCH3 is 3. The van der Waals surface area contributed by atoms with Crippen molar-refractivity contribution in [2.45, 2.75) is 32.0 Å². The van der Waals surface area contributed by atoms with E-state index in [1.807, 2.05) is 12.1 Å². The zero-order valence-electron chi connectivity index (χ0n) is 17.0. The lowest BCUT2D eigenvalue weighted by Crippen LogP contribution is -3.10. The summed E-state index contributed by atoms with van der Waals surface area (Å²) >= 11 is 0. The quantitative estimate of drug-likeness (QED) is 0.606. The summed E-state index contributed by atoms with van der Waals surface area (Å²) in [6, 6.07) is 12.2. The second kappa shape index (κ2) is 8.13. The van der Waals surface area contributed by atoms with Gasteiger partial charge in [0.1, 0.15) is 18.8 Å². The molecule has 3 aromatic rings. The Hall–Kier alpha value is -3.06. The molecule has 1 aliphatic rings. The van der Waals surface area contributed by atoms with Crippen LogP contribution >= 0.6 is 0 Å². The lowest BCUT2D eigenvalue weighted by Gasteiger charge is -2.19. The summed E-state index contributed by atoms with van der Waals surface area (Å²) < 4.78 is 15.9. The van der Waals surface area contributed by atoms with Gasteiger partial charge >= 0.3 is 0 Å². The van der Waals surface area contributed by atoms with Gasteiger partial charge in [0.15, 0.2) is 17.3 Å². The van der Waals surface area contributed by atoms with Gasteiger partial charge in [0, 0.05) is 24.5 Å². The molecular formula is C22H26N3O4+. The number of quaternary nitrogens is 1. The van der Waals surface area contributed by atoms with Crippen molar-refractivity contribution in [3.63, 3.8) is 0 Å². The molecule has 152 valence electrons. The Balaban J connectivity index is 1.61. The van der Waals surface area contributed by atoms with Gasteiger partial charge in [-0.2, -0.15) is 0 Å². The molecule has 0 bridgehead atoms. The zero-order chi connectivity index (χ0) is 20.4. The molecule has 0 amide bonds. The smallest absolute Gasteiger partial charge is 0.259 e. The maximum absolute atomic E-state index is 12.6. The molecule has 1 aliphatic carbocycles. The largest absolute Gasteiger partial charge is 0.497 e. The van der Waals surface area contributed by atoms with Crippen LogP contribution in [0, 0.1) is 0 Å². The molecule has 7 nitrogen and oxygen atoms in total. The van der Waals surface area contributed by atoms with Gasteiger partial charge < -0.3 is 24.1 Å². The van der Waals surface area contributed by atoms with Crippen LogP contribution in [0.15, 0.2) is 41.2 Å². The first-order chi connectivity index (χ1) is 14.1. The molecular weight excluding hydrogens is 370 g/mol. The molecule has 1 atom stereocenters. The number of H-pyrrole nitrogens is 1. The molecule has 1 heterocycles. The highest BCUT2D eigenvalue weighted by atomic mass is 16.5. The number of aromatic nitrogens is 2. The first-order valence-corrected chi connectivity index (χ1v) is 9.73. The standard InChI is InChI=1S/C22H25N3O4/c1-27-16-8-4-14(5-9-16)12-25(15-6-7-15)13-21-23-18-11-20(29-3)19(28-2)10-17(18)22(26)24-21/h4-5,8-11,15H,6-7,12-13H2,1-3H3,(H,23,24,26)/p+1. The molecule has 29 heavy (non-hydrogen) atoms. The Bertz CT molecular complexity index is 1060. The summed E-state index contributed by atoms with van der Waals surface area (Å²) in [7, 11) is 4.80. The van der Waals surface area contributed by atoms with E-state index < -0.39 is 0 Å². The third-order valence-corrected chi connectivity index (χ3v) is 5.40. The van der Waals surface area contributed by atoms with Gasteiger partial charge in [-0.1, -0.05) is 0 Å². The minimum absolute atomic E-state index is 0.162. The fourth-order valence-corrected chi connectivity index (χ4v) is 3.66. The van der Waals surface area contributed by atoms with E-state index in [9.17, 15) is 4.79 Å². The van der Waals surface area contributed by atoms with E-state index in [0.29, 0.717) is 40.8 Å². The van der Waals surface area contributed by atoms with Crippen molar-refractivity contribution < 1.29 is 19.1 Å². The second-order valence-electron chi connectivity index (χ2n) is 7.37. The highest BCUT2D eigenvalue weighted by Gasteiger charge is 2.34. The molecule has 2 aromatic carbocycles. The normalized spacial score (nSPS) is 14.6. The number of ether oxygens (including phenoxy) is 3. The van der Waals surface area contributed by atoms with Gasteiger partial charge in [-0.25, -0.2) is 4.98 Å². The monoisotopic (exact) mass is 396 g/mol. The van der Waals surface area contributed by atoms with Gasteiger partial charge in [0.25, 0.3) is 5.56 Å². The summed E-state index contributed by atoms with van der Waals surface area (Å²) in [4.78, 5) is 21.7. The van der Waals surface area contributed by atoms with E-state index in [-0.39, 0.29) is 5.56 Å². The van der Waals surface area contributed by atoms with E-state index in [2.05, 4.69) is 17.1 Å². The Labute approximate surface area is 169 Å². The Morgan fingerprint density at radius 3 is 2.31 bits per heavy atom. The van der Waals surface area contributed by atoms with E-state index in [4.69, 9.17) is 19.2 Å². The topological polar surface area (TPSA) is 77.9 Å². The lowest BCUT2D eigenvalue weighted by atomic mass is 10.2. The molecule has 1 unspecified atom stereocenters. The van der Waals surface area contributed by atoms with Crippen molar-refractivity contribution in [1.29, 1.82) is 0 Å². The Morgan fingerprint density at radius 1 is 1.00 bits per heavy atom.